The van der Waals surface area contributed by atoms with Crippen molar-refractivity contribution in [2.45, 2.75) is 43.2 Å². The molecule has 2 heterocycles. The SMILES string of the molecule is CNC1CCCN(C(=O)CC(C)N=C2NS(=O)(=O)c3ccccc32)C1.Cl. The normalized spacial score (nSPS) is 23.7. The standard InChI is InChI=1S/C17H24N4O3S.ClH/c1-12(10-16(22)21-9-5-6-13(11-21)18-2)19-17-14-7-3-4-8-15(14)25(23,24)20-17;/h3-4,7-8,12-13,18H,5-6,9-11H2,1-2H3,(H,19,20);1H. The van der Waals surface area contributed by atoms with Crippen molar-refractivity contribution in [2.24, 2.45) is 4.99 Å². The van der Waals surface area contributed by atoms with Gasteiger partial charge >= 0.3 is 0 Å². The molecule has 9 heteroatoms. The second-order valence-corrected chi connectivity index (χ2v) is 8.25. The summed E-state index contributed by atoms with van der Waals surface area (Å²) in [5.74, 6) is 0.383. The van der Waals surface area contributed by atoms with Gasteiger partial charge in [-0.3, -0.25) is 14.5 Å². The van der Waals surface area contributed by atoms with Crippen LogP contribution in [0.3, 0.4) is 0 Å². The van der Waals surface area contributed by atoms with Crippen molar-refractivity contribution < 1.29 is 13.2 Å². The van der Waals surface area contributed by atoms with E-state index in [1.165, 1.54) is 0 Å². The molecule has 0 spiro atoms. The molecule has 7 nitrogen and oxygen atoms in total. The number of nitrogens with zero attached hydrogens (tertiary/aromatic N) is 2. The lowest BCUT2D eigenvalue weighted by atomic mass is 10.0. The van der Waals surface area contributed by atoms with E-state index in [4.69, 9.17) is 0 Å². The average molecular weight is 401 g/mol. The Labute approximate surface area is 160 Å². The molecule has 1 aromatic carbocycles. The molecule has 3 rings (SSSR count). The highest BCUT2D eigenvalue weighted by Crippen LogP contribution is 2.23. The Morgan fingerprint density at radius 1 is 1.42 bits per heavy atom. The van der Waals surface area contributed by atoms with E-state index in [-0.39, 0.29) is 35.7 Å². The number of likely N-dealkylation sites (tertiary alicyclic amines) is 1. The van der Waals surface area contributed by atoms with Gasteiger partial charge in [-0.15, -0.1) is 12.4 Å². The number of piperidine rings is 1. The van der Waals surface area contributed by atoms with Gasteiger partial charge in [0.05, 0.1) is 10.9 Å². The van der Waals surface area contributed by atoms with E-state index in [2.05, 4.69) is 15.0 Å². The molecule has 1 fully saturated rings. The van der Waals surface area contributed by atoms with E-state index in [0.717, 1.165) is 19.4 Å². The molecular formula is C17H25ClN4O3S. The number of hydrogen-bond donors (Lipinski definition) is 2. The monoisotopic (exact) mass is 400 g/mol. The lowest BCUT2D eigenvalue weighted by molar-refractivity contribution is -0.132. The minimum atomic E-state index is -3.54. The lowest BCUT2D eigenvalue weighted by Crippen LogP contribution is -2.47. The van der Waals surface area contributed by atoms with E-state index < -0.39 is 10.0 Å². The molecule has 0 radical (unpaired) electrons. The average Bonchev–Trinajstić information content (AvgIpc) is 2.85. The Morgan fingerprint density at radius 2 is 2.15 bits per heavy atom. The summed E-state index contributed by atoms with van der Waals surface area (Å²) in [6.07, 6.45) is 2.34. The van der Waals surface area contributed by atoms with Gasteiger partial charge in [-0.25, -0.2) is 8.42 Å². The van der Waals surface area contributed by atoms with Crippen LogP contribution in [0, 0.1) is 0 Å². The number of benzene rings is 1. The van der Waals surface area contributed by atoms with Crippen molar-refractivity contribution in [3.63, 3.8) is 0 Å². The number of likely N-dealkylation sites (N-methyl/N-ethyl adjacent to an activating group) is 1. The van der Waals surface area contributed by atoms with Crippen LogP contribution >= 0.6 is 12.4 Å². The zero-order chi connectivity index (χ0) is 18.0. The Kier molecular flexibility index (Phi) is 6.65. The smallest absolute Gasteiger partial charge is 0.263 e. The number of amidine groups is 1. The van der Waals surface area contributed by atoms with Gasteiger partial charge in [-0.2, -0.15) is 0 Å². The molecule has 2 unspecified atom stereocenters. The van der Waals surface area contributed by atoms with Crippen LogP contribution in [0.15, 0.2) is 34.2 Å². The third-order valence-electron chi connectivity index (χ3n) is 4.66. The summed E-state index contributed by atoms with van der Waals surface area (Å²) in [4.78, 5) is 19.1. The quantitative estimate of drug-likeness (QED) is 0.792. The minimum absolute atomic E-state index is 0. The molecule has 26 heavy (non-hydrogen) atoms. The molecule has 2 atom stereocenters. The number of carbonyl (C=O) groups is 1. The largest absolute Gasteiger partial charge is 0.341 e. The molecule has 0 aliphatic carbocycles. The fourth-order valence-electron chi connectivity index (χ4n) is 3.32. The number of aliphatic imine (C=N–C) groups is 1. The van der Waals surface area contributed by atoms with Crippen LogP contribution in [0.25, 0.3) is 0 Å². The first-order valence-electron chi connectivity index (χ1n) is 8.56. The number of halogens is 1. The van der Waals surface area contributed by atoms with Crippen molar-refractivity contribution in [2.75, 3.05) is 20.1 Å². The zero-order valence-electron chi connectivity index (χ0n) is 14.9. The maximum Gasteiger partial charge on any atom is 0.263 e. The maximum absolute atomic E-state index is 12.5. The zero-order valence-corrected chi connectivity index (χ0v) is 16.6. The number of rotatable bonds is 4. The third-order valence-corrected chi connectivity index (χ3v) is 6.06. The van der Waals surface area contributed by atoms with Gasteiger partial charge < -0.3 is 10.2 Å². The summed E-state index contributed by atoms with van der Waals surface area (Å²) in [5.41, 5.74) is 0.565. The van der Waals surface area contributed by atoms with Crippen molar-refractivity contribution in [3.05, 3.63) is 29.8 Å². The lowest BCUT2D eigenvalue weighted by Gasteiger charge is -2.33. The number of nitrogens with one attached hydrogen (secondary N) is 2. The fraction of sp³-hybridized carbons (Fsp3) is 0.529. The maximum atomic E-state index is 12.5. The number of hydrogen-bond acceptors (Lipinski definition) is 5. The van der Waals surface area contributed by atoms with E-state index in [1.54, 1.807) is 24.3 Å². The van der Waals surface area contributed by atoms with Gasteiger partial charge in [0.25, 0.3) is 10.0 Å². The first-order valence-corrected chi connectivity index (χ1v) is 10.0. The van der Waals surface area contributed by atoms with Crippen molar-refractivity contribution in [1.29, 1.82) is 0 Å². The summed E-state index contributed by atoms with van der Waals surface area (Å²) >= 11 is 0. The van der Waals surface area contributed by atoms with Crippen LogP contribution < -0.4 is 10.0 Å². The molecule has 0 aromatic heterocycles. The number of fused-ring (bicyclic) bond motifs is 1. The molecule has 1 saturated heterocycles. The van der Waals surface area contributed by atoms with E-state index in [1.807, 2.05) is 18.9 Å². The number of carbonyl (C=O) groups excluding carboxylic acids is 1. The van der Waals surface area contributed by atoms with Crippen molar-refractivity contribution >= 4 is 34.2 Å². The first-order chi connectivity index (χ1) is 11.9. The van der Waals surface area contributed by atoms with Gasteiger partial charge in [0.2, 0.25) is 5.91 Å². The summed E-state index contributed by atoms with van der Waals surface area (Å²) < 4.78 is 26.7. The van der Waals surface area contributed by atoms with Crippen LogP contribution in [0.1, 0.15) is 31.7 Å². The second kappa shape index (κ2) is 8.37. The molecule has 2 aliphatic heterocycles. The summed E-state index contributed by atoms with van der Waals surface area (Å²) in [6.45, 7) is 3.32. The molecular weight excluding hydrogens is 376 g/mol. The van der Waals surface area contributed by atoms with E-state index in [0.29, 0.717) is 24.0 Å². The van der Waals surface area contributed by atoms with Crippen molar-refractivity contribution in [3.8, 4) is 0 Å². The van der Waals surface area contributed by atoms with Crippen molar-refractivity contribution in [1.82, 2.24) is 14.9 Å². The summed E-state index contributed by atoms with van der Waals surface area (Å²) in [6, 6.07) is 6.78. The predicted octanol–water partition coefficient (Wildman–Crippen LogP) is 1.14. The molecule has 0 bridgehead atoms. The topological polar surface area (TPSA) is 90.9 Å². The number of sulfonamides is 1. The first kappa shape index (κ1) is 20.7. The highest BCUT2D eigenvalue weighted by molar-refractivity contribution is 7.90. The van der Waals surface area contributed by atoms with Crippen LogP contribution in [0.4, 0.5) is 0 Å². The van der Waals surface area contributed by atoms with Crippen LogP contribution in [-0.4, -0.2) is 57.3 Å². The molecule has 1 aromatic rings. The number of amides is 1. The van der Waals surface area contributed by atoms with Gasteiger partial charge in [-0.05, 0) is 38.9 Å². The fourth-order valence-corrected chi connectivity index (χ4v) is 4.56. The molecule has 1 amide bonds. The Bertz CT molecular complexity index is 797. The van der Waals surface area contributed by atoms with Gasteiger partial charge in [0.1, 0.15) is 5.84 Å². The predicted molar refractivity (Wildman–Crippen MR) is 103 cm³/mol. The van der Waals surface area contributed by atoms with Crippen LogP contribution in [0.5, 0.6) is 0 Å². The summed E-state index contributed by atoms with van der Waals surface area (Å²) in [7, 11) is -1.63. The van der Waals surface area contributed by atoms with E-state index in [9.17, 15) is 13.2 Å². The highest BCUT2D eigenvalue weighted by Gasteiger charge is 2.31. The van der Waals surface area contributed by atoms with Crippen LogP contribution in [-0.2, 0) is 14.8 Å². The van der Waals surface area contributed by atoms with Gasteiger partial charge in [0.15, 0.2) is 0 Å². The molecule has 144 valence electrons. The van der Waals surface area contributed by atoms with Crippen LogP contribution in [0.2, 0.25) is 0 Å². The minimum Gasteiger partial charge on any atom is -0.341 e. The molecule has 2 N–H and O–H groups in total. The Morgan fingerprint density at radius 3 is 2.88 bits per heavy atom. The highest BCUT2D eigenvalue weighted by atomic mass is 35.5. The van der Waals surface area contributed by atoms with Gasteiger partial charge in [-0.1, -0.05) is 12.1 Å². The van der Waals surface area contributed by atoms with E-state index >= 15 is 0 Å². The Balaban J connectivity index is 0.00000243. The second-order valence-electron chi connectivity index (χ2n) is 6.60. The Hall–Kier alpha value is -1.64. The summed E-state index contributed by atoms with van der Waals surface area (Å²) in [5, 5.41) is 3.22. The van der Waals surface area contributed by atoms with Gasteiger partial charge in [0, 0.05) is 31.1 Å². The third kappa shape index (κ3) is 4.36. The molecule has 0 saturated carbocycles. The molecule has 2 aliphatic rings.